The highest BCUT2D eigenvalue weighted by Crippen LogP contribution is 2.21. The van der Waals surface area contributed by atoms with Crippen LogP contribution in [0.1, 0.15) is 19.4 Å². The molecule has 0 fully saturated rings. The number of hydrogen-bond donors (Lipinski definition) is 1. The lowest BCUT2D eigenvalue weighted by Gasteiger charge is -2.16. The van der Waals surface area contributed by atoms with E-state index in [-0.39, 0.29) is 5.91 Å². The Morgan fingerprint density at radius 2 is 1.83 bits per heavy atom. The molecule has 4 nitrogen and oxygen atoms in total. The van der Waals surface area contributed by atoms with Gasteiger partial charge in [0, 0.05) is 10.7 Å². The summed E-state index contributed by atoms with van der Waals surface area (Å²) in [5, 5.41) is 3.48. The molecule has 0 radical (unpaired) electrons. The standard InChI is InChI=1S/C18H20ClNO3/c1-4-22-15-6-8-16(9-7-15)23-13(3)18(21)20-17-10-5-14(19)11-12(17)2/h5-11,13H,4H2,1-3H3,(H,20,21). The van der Waals surface area contributed by atoms with Crippen molar-refractivity contribution in [3.8, 4) is 11.5 Å². The minimum absolute atomic E-state index is 0.218. The van der Waals surface area contributed by atoms with Gasteiger partial charge in [-0.3, -0.25) is 4.79 Å². The fourth-order valence-corrected chi connectivity index (χ4v) is 2.27. The van der Waals surface area contributed by atoms with Gasteiger partial charge in [-0.15, -0.1) is 0 Å². The largest absolute Gasteiger partial charge is 0.494 e. The minimum Gasteiger partial charge on any atom is -0.494 e. The smallest absolute Gasteiger partial charge is 0.265 e. The highest BCUT2D eigenvalue weighted by atomic mass is 35.5. The van der Waals surface area contributed by atoms with Crippen LogP contribution in [0.15, 0.2) is 42.5 Å². The summed E-state index contributed by atoms with van der Waals surface area (Å²) in [5.74, 6) is 1.17. The SMILES string of the molecule is CCOc1ccc(OC(C)C(=O)Nc2ccc(Cl)cc2C)cc1. The van der Waals surface area contributed by atoms with Gasteiger partial charge < -0.3 is 14.8 Å². The van der Waals surface area contributed by atoms with Gasteiger partial charge in [-0.05, 0) is 68.8 Å². The average molecular weight is 334 g/mol. The van der Waals surface area contributed by atoms with Crippen LogP contribution in [0.25, 0.3) is 0 Å². The molecular weight excluding hydrogens is 314 g/mol. The topological polar surface area (TPSA) is 47.6 Å². The Hall–Kier alpha value is -2.20. The normalized spacial score (nSPS) is 11.7. The van der Waals surface area contributed by atoms with Gasteiger partial charge in [-0.2, -0.15) is 0 Å². The van der Waals surface area contributed by atoms with E-state index in [2.05, 4.69) is 5.32 Å². The van der Waals surface area contributed by atoms with Crippen molar-refractivity contribution in [1.29, 1.82) is 0 Å². The number of halogens is 1. The first-order valence-electron chi connectivity index (χ1n) is 7.46. The van der Waals surface area contributed by atoms with Crippen molar-refractivity contribution in [3.05, 3.63) is 53.1 Å². The van der Waals surface area contributed by atoms with Crippen molar-refractivity contribution in [1.82, 2.24) is 0 Å². The number of anilines is 1. The molecule has 2 rings (SSSR count). The lowest BCUT2D eigenvalue weighted by atomic mass is 10.2. The quantitative estimate of drug-likeness (QED) is 0.849. The second-order valence-electron chi connectivity index (χ2n) is 5.11. The summed E-state index contributed by atoms with van der Waals surface area (Å²) in [4.78, 5) is 12.2. The molecule has 1 amide bonds. The zero-order valence-electron chi connectivity index (χ0n) is 13.4. The highest BCUT2D eigenvalue weighted by Gasteiger charge is 2.15. The molecule has 0 heterocycles. The van der Waals surface area contributed by atoms with Gasteiger partial charge >= 0.3 is 0 Å². The van der Waals surface area contributed by atoms with E-state index in [4.69, 9.17) is 21.1 Å². The van der Waals surface area contributed by atoms with Crippen LogP contribution in [0.2, 0.25) is 5.02 Å². The van der Waals surface area contributed by atoms with Crippen LogP contribution in [0, 0.1) is 6.92 Å². The maximum atomic E-state index is 12.2. The van der Waals surface area contributed by atoms with Crippen LogP contribution < -0.4 is 14.8 Å². The number of aryl methyl sites for hydroxylation is 1. The molecule has 0 aromatic heterocycles. The Kier molecular flexibility index (Phi) is 5.88. The Labute approximate surface area is 141 Å². The number of nitrogens with one attached hydrogen (secondary N) is 1. The number of ether oxygens (including phenoxy) is 2. The molecule has 1 N–H and O–H groups in total. The zero-order chi connectivity index (χ0) is 16.8. The van der Waals surface area contributed by atoms with Crippen molar-refractivity contribution < 1.29 is 14.3 Å². The van der Waals surface area contributed by atoms with Gasteiger partial charge in [0.15, 0.2) is 6.10 Å². The first kappa shape index (κ1) is 17.2. The van der Waals surface area contributed by atoms with E-state index in [0.29, 0.717) is 17.4 Å². The predicted molar refractivity (Wildman–Crippen MR) is 92.5 cm³/mol. The molecular formula is C18H20ClNO3. The third-order valence-electron chi connectivity index (χ3n) is 3.26. The summed E-state index contributed by atoms with van der Waals surface area (Å²) in [6.07, 6.45) is -0.622. The third kappa shape index (κ3) is 4.89. The van der Waals surface area contributed by atoms with E-state index in [1.807, 2.05) is 26.0 Å². The molecule has 1 unspecified atom stereocenters. The second kappa shape index (κ2) is 7.88. The highest BCUT2D eigenvalue weighted by molar-refractivity contribution is 6.30. The minimum atomic E-state index is -0.622. The van der Waals surface area contributed by atoms with E-state index in [1.165, 1.54) is 0 Å². The average Bonchev–Trinajstić information content (AvgIpc) is 2.52. The van der Waals surface area contributed by atoms with E-state index < -0.39 is 6.10 Å². The predicted octanol–water partition coefficient (Wildman–Crippen LogP) is 4.45. The van der Waals surface area contributed by atoms with Gasteiger partial charge in [0.05, 0.1) is 6.61 Å². The Morgan fingerprint density at radius 3 is 2.43 bits per heavy atom. The lowest BCUT2D eigenvalue weighted by Crippen LogP contribution is -2.30. The molecule has 23 heavy (non-hydrogen) atoms. The maximum absolute atomic E-state index is 12.2. The Balaban J connectivity index is 1.96. The van der Waals surface area contributed by atoms with Crippen molar-refractivity contribution >= 4 is 23.2 Å². The zero-order valence-corrected chi connectivity index (χ0v) is 14.2. The van der Waals surface area contributed by atoms with Crippen LogP contribution >= 0.6 is 11.6 Å². The van der Waals surface area contributed by atoms with Crippen molar-refractivity contribution in [2.24, 2.45) is 0 Å². The van der Waals surface area contributed by atoms with E-state index in [9.17, 15) is 4.79 Å². The molecule has 0 bridgehead atoms. The Morgan fingerprint density at radius 1 is 1.17 bits per heavy atom. The van der Waals surface area contributed by atoms with Crippen LogP contribution in [-0.4, -0.2) is 18.6 Å². The van der Waals surface area contributed by atoms with E-state index >= 15 is 0 Å². The number of carbonyl (C=O) groups excluding carboxylic acids is 1. The molecule has 2 aromatic rings. The molecule has 0 saturated carbocycles. The summed E-state index contributed by atoms with van der Waals surface area (Å²) in [5.41, 5.74) is 1.63. The molecule has 0 aliphatic carbocycles. The fourth-order valence-electron chi connectivity index (χ4n) is 2.04. The summed E-state index contributed by atoms with van der Waals surface area (Å²) in [6.45, 7) is 6.13. The fraction of sp³-hybridized carbons (Fsp3) is 0.278. The van der Waals surface area contributed by atoms with Gasteiger partial charge in [0.25, 0.3) is 5.91 Å². The molecule has 122 valence electrons. The molecule has 0 spiro atoms. The Bertz CT molecular complexity index is 670. The first-order chi connectivity index (χ1) is 11.0. The van der Waals surface area contributed by atoms with Gasteiger partial charge in [-0.25, -0.2) is 0 Å². The molecule has 0 saturated heterocycles. The number of rotatable bonds is 6. The number of benzene rings is 2. The summed E-state index contributed by atoms with van der Waals surface area (Å²) >= 11 is 5.91. The van der Waals surface area contributed by atoms with Gasteiger partial charge in [0.2, 0.25) is 0 Å². The molecule has 2 aromatic carbocycles. The van der Waals surface area contributed by atoms with Crippen molar-refractivity contribution in [2.45, 2.75) is 26.9 Å². The number of hydrogen-bond acceptors (Lipinski definition) is 3. The van der Waals surface area contributed by atoms with E-state index in [0.717, 1.165) is 17.0 Å². The summed E-state index contributed by atoms with van der Waals surface area (Å²) < 4.78 is 11.0. The maximum Gasteiger partial charge on any atom is 0.265 e. The van der Waals surface area contributed by atoms with Crippen LogP contribution in [0.4, 0.5) is 5.69 Å². The van der Waals surface area contributed by atoms with Crippen molar-refractivity contribution in [3.63, 3.8) is 0 Å². The summed E-state index contributed by atoms with van der Waals surface area (Å²) in [6, 6.07) is 12.5. The lowest BCUT2D eigenvalue weighted by molar-refractivity contribution is -0.122. The molecule has 0 aliphatic rings. The van der Waals surface area contributed by atoms with E-state index in [1.54, 1.807) is 37.3 Å². The van der Waals surface area contributed by atoms with Crippen LogP contribution in [-0.2, 0) is 4.79 Å². The van der Waals surface area contributed by atoms with Crippen molar-refractivity contribution in [2.75, 3.05) is 11.9 Å². The summed E-state index contributed by atoms with van der Waals surface area (Å²) in [7, 11) is 0. The van der Waals surface area contributed by atoms with Crippen LogP contribution in [0.5, 0.6) is 11.5 Å². The monoisotopic (exact) mass is 333 g/mol. The third-order valence-corrected chi connectivity index (χ3v) is 3.50. The van der Waals surface area contributed by atoms with Gasteiger partial charge in [0.1, 0.15) is 11.5 Å². The number of amides is 1. The molecule has 0 aliphatic heterocycles. The first-order valence-corrected chi connectivity index (χ1v) is 7.84. The second-order valence-corrected chi connectivity index (χ2v) is 5.55. The number of carbonyl (C=O) groups is 1. The molecule has 5 heteroatoms. The van der Waals surface area contributed by atoms with Gasteiger partial charge in [-0.1, -0.05) is 11.6 Å². The van der Waals surface area contributed by atoms with Crippen LogP contribution in [0.3, 0.4) is 0 Å². The molecule has 1 atom stereocenters.